The maximum absolute atomic E-state index is 12.1. The minimum atomic E-state index is -4.87. The van der Waals surface area contributed by atoms with E-state index in [2.05, 4.69) is 4.98 Å². The molecule has 1 heterocycles. The lowest BCUT2D eigenvalue weighted by Gasteiger charge is -2.08. The van der Waals surface area contributed by atoms with Crippen molar-refractivity contribution in [1.29, 1.82) is 0 Å². The second kappa shape index (κ2) is 9.40. The average Bonchev–Trinajstić information content (AvgIpc) is 2.63. The Morgan fingerprint density at radius 3 is 2.48 bits per heavy atom. The monoisotopic (exact) mass is 398 g/mol. The van der Waals surface area contributed by atoms with Crippen LogP contribution in [0.4, 0.5) is 13.2 Å². The van der Waals surface area contributed by atoms with Gasteiger partial charge in [-0.1, -0.05) is 23.9 Å². The highest BCUT2D eigenvalue weighted by molar-refractivity contribution is 7.99. The van der Waals surface area contributed by atoms with Crippen LogP contribution in [0.15, 0.2) is 52.4 Å². The summed E-state index contributed by atoms with van der Waals surface area (Å²) >= 11 is 1.41. The van der Waals surface area contributed by atoms with Crippen LogP contribution in [-0.2, 0) is 16.0 Å². The number of ether oxygens (including phenoxy) is 1. The van der Waals surface area contributed by atoms with E-state index >= 15 is 0 Å². The van der Waals surface area contributed by atoms with Gasteiger partial charge < -0.3 is 10.1 Å². The van der Waals surface area contributed by atoms with Crippen molar-refractivity contribution in [2.24, 2.45) is 0 Å². The van der Waals surface area contributed by atoms with E-state index < -0.39 is 18.1 Å². The Bertz CT molecular complexity index is 795. The summed E-state index contributed by atoms with van der Waals surface area (Å²) < 4.78 is 41.2. The number of nitrogens with zero attached hydrogens (tertiary/aromatic N) is 1. The number of hydrogen-bond acceptors (Lipinski definition) is 5. The molecule has 1 amide bonds. The maximum atomic E-state index is 12.1. The minimum Gasteiger partial charge on any atom is -0.461 e. The molecule has 0 aliphatic rings. The van der Waals surface area contributed by atoms with Gasteiger partial charge in [-0.05, 0) is 43.2 Å². The van der Waals surface area contributed by atoms with Crippen LogP contribution in [0.1, 0.15) is 23.0 Å². The molecule has 0 unspecified atom stereocenters. The maximum Gasteiger partial charge on any atom is 0.471 e. The zero-order valence-corrected chi connectivity index (χ0v) is 15.2. The molecule has 0 aliphatic heterocycles. The molecule has 0 bridgehead atoms. The van der Waals surface area contributed by atoms with E-state index in [-0.39, 0.29) is 25.3 Å². The number of alkyl halides is 3. The first-order chi connectivity index (χ1) is 12.8. The molecule has 2 aromatic rings. The molecule has 0 radical (unpaired) electrons. The Hall–Kier alpha value is -2.55. The van der Waals surface area contributed by atoms with Gasteiger partial charge in [-0.25, -0.2) is 9.78 Å². The van der Waals surface area contributed by atoms with Crippen LogP contribution in [-0.4, -0.2) is 36.2 Å². The molecular weight excluding hydrogens is 381 g/mol. The number of halogens is 3. The molecule has 0 fully saturated rings. The quantitative estimate of drug-likeness (QED) is 0.722. The number of benzene rings is 1. The third-order valence-electron chi connectivity index (χ3n) is 3.33. The zero-order valence-electron chi connectivity index (χ0n) is 14.4. The molecule has 1 aromatic carbocycles. The molecule has 0 atom stereocenters. The summed E-state index contributed by atoms with van der Waals surface area (Å²) in [6, 6.07) is 10.6. The van der Waals surface area contributed by atoms with E-state index in [0.29, 0.717) is 0 Å². The number of rotatable bonds is 7. The Morgan fingerprint density at radius 1 is 1.15 bits per heavy atom. The normalized spacial score (nSPS) is 11.1. The van der Waals surface area contributed by atoms with Gasteiger partial charge in [0.05, 0.1) is 6.61 Å². The molecule has 144 valence electrons. The molecule has 5 nitrogen and oxygen atoms in total. The third kappa shape index (κ3) is 6.59. The van der Waals surface area contributed by atoms with Crippen LogP contribution in [0.25, 0.3) is 0 Å². The summed E-state index contributed by atoms with van der Waals surface area (Å²) in [5.74, 6) is -2.43. The molecule has 0 aliphatic carbocycles. The summed E-state index contributed by atoms with van der Waals surface area (Å²) in [6.07, 6.45) is -3.06. The van der Waals surface area contributed by atoms with Gasteiger partial charge in [-0.3, -0.25) is 4.79 Å². The van der Waals surface area contributed by atoms with Gasteiger partial charge in [-0.15, -0.1) is 0 Å². The number of aromatic nitrogens is 1. The molecule has 0 saturated heterocycles. The van der Waals surface area contributed by atoms with Crippen LogP contribution in [0, 0.1) is 0 Å². The van der Waals surface area contributed by atoms with E-state index in [1.165, 1.54) is 18.0 Å². The van der Waals surface area contributed by atoms with Gasteiger partial charge in [0.25, 0.3) is 0 Å². The van der Waals surface area contributed by atoms with Gasteiger partial charge in [0.1, 0.15) is 5.69 Å². The fourth-order valence-corrected chi connectivity index (χ4v) is 2.92. The zero-order chi connectivity index (χ0) is 19.9. The third-order valence-corrected chi connectivity index (χ3v) is 4.33. The van der Waals surface area contributed by atoms with Gasteiger partial charge in [0.2, 0.25) is 0 Å². The standard InChI is InChI=1S/C18H17F3N2O3S/c1-2-26-16(24)15-11-14(8-10-22-15)27-13-5-3-12(4-6-13)7-9-23-17(25)18(19,20)21/h3-6,8,10-11H,2,7,9H2,1H3,(H,23,25). The Labute approximate surface area is 158 Å². The molecule has 1 aromatic heterocycles. The predicted octanol–water partition coefficient (Wildman–Crippen LogP) is 3.63. The van der Waals surface area contributed by atoms with Gasteiger partial charge in [0, 0.05) is 22.5 Å². The molecule has 0 spiro atoms. The first kappa shape index (κ1) is 20.8. The number of esters is 1. The van der Waals surface area contributed by atoms with Crippen molar-refractivity contribution in [1.82, 2.24) is 10.3 Å². The smallest absolute Gasteiger partial charge is 0.461 e. The second-order valence-electron chi connectivity index (χ2n) is 5.35. The summed E-state index contributed by atoms with van der Waals surface area (Å²) in [5, 5.41) is 1.83. The summed E-state index contributed by atoms with van der Waals surface area (Å²) in [4.78, 5) is 28.1. The van der Waals surface area contributed by atoms with Crippen molar-refractivity contribution in [2.45, 2.75) is 29.3 Å². The fraction of sp³-hybridized carbons (Fsp3) is 0.278. The number of carbonyl (C=O) groups is 2. The molecule has 0 saturated carbocycles. The van der Waals surface area contributed by atoms with Crippen LogP contribution in [0.3, 0.4) is 0 Å². The van der Waals surface area contributed by atoms with E-state index in [9.17, 15) is 22.8 Å². The van der Waals surface area contributed by atoms with Crippen LogP contribution in [0.2, 0.25) is 0 Å². The largest absolute Gasteiger partial charge is 0.471 e. The topological polar surface area (TPSA) is 68.3 Å². The molecule has 27 heavy (non-hydrogen) atoms. The van der Waals surface area contributed by atoms with Crippen molar-refractivity contribution in [2.75, 3.05) is 13.2 Å². The van der Waals surface area contributed by atoms with Crippen LogP contribution in [0.5, 0.6) is 0 Å². The number of pyridine rings is 1. The number of nitrogens with one attached hydrogen (secondary N) is 1. The molecule has 1 N–H and O–H groups in total. The summed E-state index contributed by atoms with van der Waals surface area (Å²) in [5.41, 5.74) is 1.02. The van der Waals surface area contributed by atoms with Gasteiger partial charge >= 0.3 is 18.1 Å². The number of amides is 1. The first-order valence-corrected chi connectivity index (χ1v) is 8.86. The van der Waals surface area contributed by atoms with E-state index in [4.69, 9.17) is 4.74 Å². The van der Waals surface area contributed by atoms with Crippen molar-refractivity contribution in [3.63, 3.8) is 0 Å². The highest BCUT2D eigenvalue weighted by Gasteiger charge is 2.38. The lowest BCUT2D eigenvalue weighted by Crippen LogP contribution is -2.37. The lowest BCUT2D eigenvalue weighted by atomic mass is 10.1. The average molecular weight is 398 g/mol. The molecule has 9 heteroatoms. The van der Waals surface area contributed by atoms with Crippen LogP contribution >= 0.6 is 11.8 Å². The minimum absolute atomic E-state index is 0.0991. The number of carbonyl (C=O) groups excluding carboxylic acids is 2. The Kier molecular flexibility index (Phi) is 7.23. The Morgan fingerprint density at radius 2 is 1.85 bits per heavy atom. The van der Waals surface area contributed by atoms with Crippen molar-refractivity contribution in [3.8, 4) is 0 Å². The van der Waals surface area contributed by atoms with E-state index in [0.717, 1.165) is 15.4 Å². The lowest BCUT2D eigenvalue weighted by molar-refractivity contribution is -0.173. The Balaban J connectivity index is 1.91. The first-order valence-electron chi connectivity index (χ1n) is 8.04. The fourth-order valence-electron chi connectivity index (χ4n) is 2.07. The SMILES string of the molecule is CCOC(=O)c1cc(Sc2ccc(CCNC(=O)C(F)(F)F)cc2)ccn1. The molecule has 2 rings (SSSR count). The van der Waals surface area contributed by atoms with Gasteiger partial charge in [0.15, 0.2) is 0 Å². The van der Waals surface area contributed by atoms with Crippen molar-refractivity contribution in [3.05, 3.63) is 53.9 Å². The van der Waals surface area contributed by atoms with E-state index in [1.807, 2.05) is 17.4 Å². The highest BCUT2D eigenvalue weighted by Crippen LogP contribution is 2.28. The number of hydrogen-bond donors (Lipinski definition) is 1. The summed E-state index contributed by atoms with van der Waals surface area (Å²) in [7, 11) is 0. The predicted molar refractivity (Wildman–Crippen MR) is 93.5 cm³/mol. The van der Waals surface area contributed by atoms with Crippen molar-refractivity contribution >= 4 is 23.6 Å². The van der Waals surface area contributed by atoms with Gasteiger partial charge in [-0.2, -0.15) is 13.2 Å². The van der Waals surface area contributed by atoms with Crippen LogP contribution < -0.4 is 5.32 Å². The highest BCUT2D eigenvalue weighted by atomic mass is 32.2. The summed E-state index contributed by atoms with van der Waals surface area (Å²) in [6.45, 7) is 1.88. The van der Waals surface area contributed by atoms with E-state index in [1.54, 1.807) is 31.2 Å². The second-order valence-corrected chi connectivity index (χ2v) is 6.49. The molecular formula is C18H17F3N2O3S. The van der Waals surface area contributed by atoms with Crippen molar-refractivity contribution < 1.29 is 27.5 Å².